The van der Waals surface area contributed by atoms with Crippen molar-refractivity contribution in [2.45, 2.75) is 83.8 Å². The first-order valence-corrected chi connectivity index (χ1v) is 11.6. The van der Waals surface area contributed by atoms with Gasteiger partial charge in [0.2, 0.25) is 0 Å². The summed E-state index contributed by atoms with van der Waals surface area (Å²) in [5, 5.41) is 14.3. The first-order valence-electron chi connectivity index (χ1n) is 11.6. The van der Waals surface area contributed by atoms with Gasteiger partial charge in [-0.05, 0) is 85.7 Å². The quantitative estimate of drug-likeness (QED) is 0.619. The molecule has 0 radical (unpaired) electrons. The highest BCUT2D eigenvalue weighted by Crippen LogP contribution is 2.61. The fraction of sp³-hybridized carbons (Fsp3) is 0.760. The first-order chi connectivity index (χ1) is 13.5. The summed E-state index contributed by atoms with van der Waals surface area (Å²) in [6.45, 7) is 7.66. The second-order valence-corrected chi connectivity index (χ2v) is 10.3. The van der Waals surface area contributed by atoms with Crippen molar-refractivity contribution in [2.75, 3.05) is 13.2 Å². The SMILES string of the molecule is CC[C@H](NC[C@@H](O)COc1ccccc1C(C)C)C12CC3CC(CC(C3)C1)C2. The highest BCUT2D eigenvalue weighted by Gasteiger charge is 2.53. The molecule has 1 aromatic rings. The molecule has 4 fully saturated rings. The van der Waals surface area contributed by atoms with Gasteiger partial charge in [0.1, 0.15) is 18.5 Å². The molecule has 4 bridgehead atoms. The Morgan fingerprint density at radius 2 is 1.68 bits per heavy atom. The minimum Gasteiger partial charge on any atom is -0.491 e. The van der Waals surface area contributed by atoms with Crippen molar-refractivity contribution in [3.05, 3.63) is 29.8 Å². The van der Waals surface area contributed by atoms with Crippen molar-refractivity contribution >= 4 is 0 Å². The molecule has 1 aromatic carbocycles. The summed E-state index contributed by atoms with van der Waals surface area (Å²) in [5.74, 6) is 4.25. The van der Waals surface area contributed by atoms with E-state index in [9.17, 15) is 5.11 Å². The summed E-state index contributed by atoms with van der Waals surface area (Å²) < 4.78 is 5.99. The van der Waals surface area contributed by atoms with Gasteiger partial charge in [0.15, 0.2) is 0 Å². The molecule has 0 aromatic heterocycles. The molecule has 0 heterocycles. The third kappa shape index (κ3) is 4.11. The molecule has 4 saturated carbocycles. The number of ether oxygens (including phenoxy) is 1. The third-order valence-electron chi connectivity index (χ3n) is 7.81. The van der Waals surface area contributed by atoms with E-state index >= 15 is 0 Å². The Morgan fingerprint density at radius 1 is 1.07 bits per heavy atom. The summed E-state index contributed by atoms with van der Waals surface area (Å²) in [4.78, 5) is 0. The molecule has 0 amide bonds. The lowest BCUT2D eigenvalue weighted by Gasteiger charge is -2.59. The van der Waals surface area contributed by atoms with Crippen LogP contribution in [0.15, 0.2) is 24.3 Å². The van der Waals surface area contributed by atoms with Gasteiger partial charge in [-0.25, -0.2) is 0 Å². The van der Waals surface area contributed by atoms with Crippen LogP contribution in [-0.2, 0) is 0 Å². The number of nitrogens with one attached hydrogen (secondary N) is 1. The van der Waals surface area contributed by atoms with Gasteiger partial charge >= 0.3 is 0 Å². The summed E-state index contributed by atoms with van der Waals surface area (Å²) in [6.07, 6.45) is 9.40. The van der Waals surface area contributed by atoms with Gasteiger partial charge in [0.05, 0.1) is 0 Å². The zero-order chi connectivity index (χ0) is 19.7. The van der Waals surface area contributed by atoms with E-state index in [1.807, 2.05) is 12.1 Å². The van der Waals surface area contributed by atoms with E-state index in [4.69, 9.17) is 4.74 Å². The van der Waals surface area contributed by atoms with E-state index in [2.05, 4.69) is 38.2 Å². The standard InChI is InChI=1S/C25H39NO2/c1-4-24(25-12-18-9-19(13-25)11-20(10-18)14-25)26-15-21(27)16-28-23-8-6-5-7-22(23)17(2)3/h5-8,17-21,24,26-27H,4,9-16H2,1-3H3/t18?,19?,20?,21-,24+,25?/m1/s1. The third-order valence-corrected chi connectivity index (χ3v) is 7.81. The van der Waals surface area contributed by atoms with Gasteiger partial charge in [-0.2, -0.15) is 0 Å². The van der Waals surface area contributed by atoms with Crippen molar-refractivity contribution < 1.29 is 9.84 Å². The summed E-state index contributed by atoms with van der Waals surface area (Å²) in [6, 6.07) is 8.73. The molecular formula is C25H39NO2. The van der Waals surface area contributed by atoms with E-state index in [0.29, 0.717) is 30.5 Å². The predicted molar refractivity (Wildman–Crippen MR) is 115 cm³/mol. The summed E-state index contributed by atoms with van der Waals surface area (Å²) in [7, 11) is 0. The molecule has 28 heavy (non-hydrogen) atoms. The number of rotatable bonds is 9. The van der Waals surface area contributed by atoms with Crippen molar-refractivity contribution in [1.82, 2.24) is 5.32 Å². The van der Waals surface area contributed by atoms with Crippen LogP contribution in [0.3, 0.4) is 0 Å². The fourth-order valence-corrected chi connectivity index (χ4v) is 7.01. The Bertz CT molecular complexity index is 620. The Hall–Kier alpha value is -1.06. The monoisotopic (exact) mass is 385 g/mol. The lowest BCUT2D eigenvalue weighted by atomic mass is 9.47. The van der Waals surface area contributed by atoms with Crippen LogP contribution in [0.25, 0.3) is 0 Å². The first kappa shape index (κ1) is 20.2. The molecule has 4 aliphatic carbocycles. The lowest BCUT2D eigenvalue weighted by molar-refractivity contribution is -0.0760. The second-order valence-electron chi connectivity index (χ2n) is 10.3. The van der Waals surface area contributed by atoms with E-state index in [1.165, 1.54) is 44.1 Å². The van der Waals surface area contributed by atoms with Crippen molar-refractivity contribution in [3.63, 3.8) is 0 Å². The van der Waals surface area contributed by atoms with Crippen molar-refractivity contribution in [1.29, 1.82) is 0 Å². The number of benzene rings is 1. The van der Waals surface area contributed by atoms with Crippen LogP contribution in [0.5, 0.6) is 5.75 Å². The van der Waals surface area contributed by atoms with Crippen LogP contribution < -0.4 is 10.1 Å². The number of aliphatic hydroxyl groups is 1. The smallest absolute Gasteiger partial charge is 0.122 e. The number of para-hydroxylation sites is 1. The van der Waals surface area contributed by atoms with Crippen LogP contribution in [0.1, 0.15) is 77.2 Å². The maximum absolute atomic E-state index is 10.6. The highest BCUT2D eigenvalue weighted by molar-refractivity contribution is 5.35. The van der Waals surface area contributed by atoms with Crippen LogP contribution in [0.4, 0.5) is 0 Å². The van der Waals surface area contributed by atoms with Gasteiger partial charge in [-0.3, -0.25) is 0 Å². The van der Waals surface area contributed by atoms with E-state index in [1.54, 1.807) is 0 Å². The zero-order valence-corrected chi connectivity index (χ0v) is 18.0. The molecule has 0 aliphatic heterocycles. The van der Waals surface area contributed by atoms with Gasteiger partial charge in [0.25, 0.3) is 0 Å². The highest BCUT2D eigenvalue weighted by atomic mass is 16.5. The molecule has 0 unspecified atom stereocenters. The summed E-state index contributed by atoms with van der Waals surface area (Å²) >= 11 is 0. The molecule has 3 heteroatoms. The van der Waals surface area contributed by atoms with Crippen LogP contribution in [-0.4, -0.2) is 30.4 Å². The predicted octanol–water partition coefficient (Wildman–Crippen LogP) is 5.13. The molecule has 5 rings (SSSR count). The Kier molecular flexibility index (Phi) is 6.04. The second kappa shape index (κ2) is 8.36. The number of aliphatic hydroxyl groups excluding tert-OH is 1. The topological polar surface area (TPSA) is 41.5 Å². The van der Waals surface area contributed by atoms with Gasteiger partial charge in [0, 0.05) is 12.6 Å². The Balaban J connectivity index is 1.31. The Morgan fingerprint density at radius 3 is 2.25 bits per heavy atom. The molecule has 0 saturated heterocycles. The van der Waals surface area contributed by atoms with Crippen molar-refractivity contribution in [2.24, 2.45) is 23.2 Å². The Labute approximate surface area is 171 Å². The van der Waals surface area contributed by atoms with E-state index in [0.717, 1.165) is 29.9 Å². The molecule has 2 atom stereocenters. The average Bonchev–Trinajstić information content (AvgIpc) is 2.65. The molecule has 3 nitrogen and oxygen atoms in total. The summed E-state index contributed by atoms with van der Waals surface area (Å²) in [5.41, 5.74) is 1.71. The minimum absolute atomic E-state index is 0.355. The zero-order valence-electron chi connectivity index (χ0n) is 18.0. The molecule has 2 N–H and O–H groups in total. The van der Waals surface area contributed by atoms with Crippen molar-refractivity contribution in [3.8, 4) is 5.75 Å². The number of hydrogen-bond acceptors (Lipinski definition) is 3. The van der Waals surface area contributed by atoms with Gasteiger partial charge in [-0.1, -0.05) is 39.0 Å². The van der Waals surface area contributed by atoms with Crippen LogP contribution in [0.2, 0.25) is 0 Å². The van der Waals surface area contributed by atoms with Crippen LogP contribution >= 0.6 is 0 Å². The molecule has 4 aliphatic rings. The van der Waals surface area contributed by atoms with Gasteiger partial charge < -0.3 is 15.2 Å². The average molecular weight is 386 g/mol. The minimum atomic E-state index is -0.469. The van der Waals surface area contributed by atoms with E-state index in [-0.39, 0.29) is 0 Å². The lowest BCUT2D eigenvalue weighted by Crippen LogP contribution is -2.56. The maximum Gasteiger partial charge on any atom is 0.122 e. The molecule has 156 valence electrons. The largest absolute Gasteiger partial charge is 0.491 e. The van der Waals surface area contributed by atoms with Crippen LogP contribution in [0, 0.1) is 23.2 Å². The van der Waals surface area contributed by atoms with Gasteiger partial charge in [-0.15, -0.1) is 0 Å². The molecular weight excluding hydrogens is 346 g/mol. The molecule has 0 spiro atoms. The van der Waals surface area contributed by atoms with E-state index < -0.39 is 6.10 Å². The maximum atomic E-state index is 10.6. The normalized spacial score (nSPS) is 33.2. The number of hydrogen-bond donors (Lipinski definition) is 2. The fourth-order valence-electron chi connectivity index (χ4n) is 7.01.